The third kappa shape index (κ3) is 2.56. The molecular weight excluding hydrogens is 250 g/mol. The summed E-state index contributed by atoms with van der Waals surface area (Å²) in [4.78, 5) is 8.89. The topological polar surface area (TPSA) is 47.7 Å². The van der Waals surface area contributed by atoms with Crippen molar-refractivity contribution in [2.45, 2.75) is 13.5 Å². The van der Waals surface area contributed by atoms with Crippen molar-refractivity contribution in [3.8, 4) is 0 Å². The first-order chi connectivity index (χ1) is 9.72. The second-order valence-corrected chi connectivity index (χ2v) is 4.78. The zero-order chi connectivity index (χ0) is 13.9. The second kappa shape index (κ2) is 5.21. The number of para-hydroxylation sites is 1. The molecule has 102 valence electrons. The molecule has 5 nitrogen and oxygen atoms in total. The highest BCUT2D eigenvalue weighted by molar-refractivity contribution is 5.53. The molecule has 0 unspecified atom stereocenters. The number of benzene rings is 1. The van der Waals surface area contributed by atoms with Gasteiger partial charge in [-0.25, -0.2) is 9.97 Å². The lowest BCUT2D eigenvalue weighted by molar-refractivity contribution is 0.705. The lowest BCUT2D eigenvalue weighted by atomic mass is 10.3. The highest BCUT2D eigenvalue weighted by Gasteiger charge is 2.08. The first-order valence-corrected chi connectivity index (χ1v) is 6.54. The van der Waals surface area contributed by atoms with Crippen molar-refractivity contribution in [3.63, 3.8) is 0 Å². The fourth-order valence-corrected chi connectivity index (χ4v) is 2.12. The Morgan fingerprint density at radius 3 is 2.70 bits per heavy atom. The van der Waals surface area contributed by atoms with E-state index < -0.39 is 0 Å². The van der Waals surface area contributed by atoms with Crippen molar-refractivity contribution in [2.75, 3.05) is 5.32 Å². The number of aromatic nitrogens is 4. The van der Waals surface area contributed by atoms with E-state index in [4.69, 9.17) is 0 Å². The number of nitrogens with one attached hydrogen (secondary N) is 1. The van der Waals surface area contributed by atoms with Crippen molar-refractivity contribution in [3.05, 3.63) is 60.4 Å². The van der Waals surface area contributed by atoms with E-state index in [2.05, 4.69) is 19.9 Å². The van der Waals surface area contributed by atoms with Gasteiger partial charge in [-0.15, -0.1) is 0 Å². The Labute approximate surface area is 117 Å². The summed E-state index contributed by atoms with van der Waals surface area (Å²) in [5, 5.41) is 3.34. The van der Waals surface area contributed by atoms with Gasteiger partial charge in [0.15, 0.2) is 0 Å². The molecule has 20 heavy (non-hydrogen) atoms. The van der Waals surface area contributed by atoms with Crippen LogP contribution >= 0.6 is 0 Å². The molecule has 0 bridgehead atoms. The molecule has 3 aromatic rings. The largest absolute Gasteiger partial charge is 0.337 e. The Morgan fingerprint density at radius 2 is 2.00 bits per heavy atom. The number of rotatable bonds is 4. The van der Waals surface area contributed by atoms with Gasteiger partial charge in [-0.05, 0) is 19.1 Å². The standard InChI is InChI=1S/C15H17N5/c1-12-10-20(11-14-16-8-9-19(14)2)15(17-12)18-13-6-4-3-5-7-13/h3-10H,11H2,1-2H3,(H,17,18). The average Bonchev–Trinajstić information content (AvgIpc) is 2.98. The van der Waals surface area contributed by atoms with Gasteiger partial charge in [-0.3, -0.25) is 0 Å². The molecule has 5 heteroatoms. The number of hydrogen-bond donors (Lipinski definition) is 1. The summed E-state index contributed by atoms with van der Waals surface area (Å²) in [5.74, 6) is 1.83. The van der Waals surface area contributed by atoms with Crippen LogP contribution in [0.3, 0.4) is 0 Å². The predicted octanol–water partition coefficient (Wildman–Crippen LogP) is 2.72. The van der Waals surface area contributed by atoms with Gasteiger partial charge in [0.1, 0.15) is 5.82 Å². The van der Waals surface area contributed by atoms with Gasteiger partial charge >= 0.3 is 0 Å². The lowest BCUT2D eigenvalue weighted by Gasteiger charge is -2.09. The van der Waals surface area contributed by atoms with E-state index >= 15 is 0 Å². The number of aryl methyl sites for hydroxylation is 2. The molecule has 0 amide bonds. The molecule has 0 fully saturated rings. The van der Waals surface area contributed by atoms with Crippen molar-refractivity contribution in [1.82, 2.24) is 19.1 Å². The molecule has 3 rings (SSSR count). The van der Waals surface area contributed by atoms with Crippen LogP contribution in [-0.2, 0) is 13.6 Å². The van der Waals surface area contributed by atoms with Gasteiger partial charge in [-0.2, -0.15) is 0 Å². The van der Waals surface area contributed by atoms with E-state index in [-0.39, 0.29) is 0 Å². The van der Waals surface area contributed by atoms with Crippen LogP contribution in [0.25, 0.3) is 0 Å². The summed E-state index contributed by atoms with van der Waals surface area (Å²) in [6.45, 7) is 2.69. The predicted molar refractivity (Wildman–Crippen MR) is 79.0 cm³/mol. The molecule has 0 radical (unpaired) electrons. The molecule has 1 aromatic carbocycles. The molecule has 1 N–H and O–H groups in total. The smallest absolute Gasteiger partial charge is 0.208 e. The molecule has 0 aliphatic carbocycles. The van der Waals surface area contributed by atoms with Gasteiger partial charge in [0.05, 0.1) is 12.2 Å². The third-order valence-electron chi connectivity index (χ3n) is 3.16. The summed E-state index contributed by atoms with van der Waals surface area (Å²) in [6, 6.07) is 10.0. The highest BCUT2D eigenvalue weighted by Crippen LogP contribution is 2.17. The first kappa shape index (κ1) is 12.5. The minimum atomic E-state index is 0.694. The lowest BCUT2D eigenvalue weighted by Crippen LogP contribution is -2.08. The maximum Gasteiger partial charge on any atom is 0.208 e. The fraction of sp³-hybridized carbons (Fsp3) is 0.200. The van der Waals surface area contributed by atoms with E-state index in [0.717, 1.165) is 23.2 Å². The van der Waals surface area contributed by atoms with Gasteiger partial charge in [0.2, 0.25) is 5.95 Å². The normalized spacial score (nSPS) is 10.7. The number of anilines is 2. The highest BCUT2D eigenvalue weighted by atomic mass is 15.2. The molecule has 0 saturated heterocycles. The van der Waals surface area contributed by atoms with Crippen LogP contribution < -0.4 is 5.32 Å². The van der Waals surface area contributed by atoms with Crippen LogP contribution in [0.4, 0.5) is 11.6 Å². The van der Waals surface area contributed by atoms with Gasteiger partial charge in [0.25, 0.3) is 0 Å². The summed E-state index contributed by atoms with van der Waals surface area (Å²) >= 11 is 0. The molecule has 0 atom stereocenters. The van der Waals surface area contributed by atoms with Crippen LogP contribution in [-0.4, -0.2) is 19.1 Å². The average molecular weight is 267 g/mol. The Kier molecular flexibility index (Phi) is 3.25. The Hall–Kier alpha value is -2.56. The van der Waals surface area contributed by atoms with E-state index in [1.165, 1.54) is 0 Å². The minimum absolute atomic E-state index is 0.694. The number of hydrogen-bond acceptors (Lipinski definition) is 3. The van der Waals surface area contributed by atoms with Crippen LogP contribution in [0.2, 0.25) is 0 Å². The fourth-order valence-electron chi connectivity index (χ4n) is 2.12. The molecule has 0 aliphatic heterocycles. The SMILES string of the molecule is Cc1cn(Cc2nccn2C)c(Nc2ccccc2)n1. The molecule has 0 saturated carbocycles. The van der Waals surface area contributed by atoms with Crippen molar-refractivity contribution in [1.29, 1.82) is 0 Å². The minimum Gasteiger partial charge on any atom is -0.337 e. The van der Waals surface area contributed by atoms with Gasteiger partial charge in [-0.1, -0.05) is 18.2 Å². The molecule has 0 aliphatic rings. The van der Waals surface area contributed by atoms with Crippen molar-refractivity contribution >= 4 is 11.6 Å². The Balaban J connectivity index is 1.87. The van der Waals surface area contributed by atoms with Crippen LogP contribution in [0.5, 0.6) is 0 Å². The van der Waals surface area contributed by atoms with Crippen LogP contribution in [0, 0.1) is 6.92 Å². The summed E-state index contributed by atoms with van der Waals surface area (Å²) in [5.41, 5.74) is 2.01. The molecule has 2 heterocycles. The summed E-state index contributed by atoms with van der Waals surface area (Å²) in [6.07, 6.45) is 5.78. The molecule has 2 aromatic heterocycles. The van der Waals surface area contributed by atoms with Crippen LogP contribution in [0.1, 0.15) is 11.5 Å². The third-order valence-corrected chi connectivity index (χ3v) is 3.16. The zero-order valence-electron chi connectivity index (χ0n) is 11.6. The van der Waals surface area contributed by atoms with Gasteiger partial charge < -0.3 is 14.5 Å². The van der Waals surface area contributed by atoms with Crippen molar-refractivity contribution < 1.29 is 0 Å². The number of nitrogens with zero attached hydrogens (tertiary/aromatic N) is 4. The zero-order valence-corrected chi connectivity index (χ0v) is 11.6. The van der Waals surface area contributed by atoms with E-state index in [0.29, 0.717) is 6.54 Å². The monoisotopic (exact) mass is 267 g/mol. The first-order valence-electron chi connectivity index (χ1n) is 6.54. The maximum absolute atomic E-state index is 4.53. The summed E-state index contributed by atoms with van der Waals surface area (Å²) < 4.78 is 4.09. The molecule has 0 spiro atoms. The Bertz CT molecular complexity index is 696. The second-order valence-electron chi connectivity index (χ2n) is 4.78. The van der Waals surface area contributed by atoms with E-state index in [1.54, 1.807) is 0 Å². The molecular formula is C15H17N5. The van der Waals surface area contributed by atoms with E-state index in [1.807, 2.05) is 67.5 Å². The quantitative estimate of drug-likeness (QED) is 0.790. The maximum atomic E-state index is 4.53. The van der Waals surface area contributed by atoms with Crippen LogP contribution in [0.15, 0.2) is 48.9 Å². The van der Waals surface area contributed by atoms with Crippen molar-refractivity contribution in [2.24, 2.45) is 7.05 Å². The summed E-state index contributed by atoms with van der Waals surface area (Å²) in [7, 11) is 2.00. The van der Waals surface area contributed by atoms with Gasteiger partial charge in [0, 0.05) is 31.3 Å². The Morgan fingerprint density at radius 1 is 1.20 bits per heavy atom. The number of imidazole rings is 2. The van der Waals surface area contributed by atoms with E-state index in [9.17, 15) is 0 Å².